The van der Waals surface area contributed by atoms with E-state index in [9.17, 15) is 18.4 Å². The van der Waals surface area contributed by atoms with Crippen molar-refractivity contribution in [2.24, 2.45) is 5.92 Å². The van der Waals surface area contributed by atoms with Crippen LogP contribution in [0.4, 0.5) is 19.3 Å². The van der Waals surface area contributed by atoms with E-state index >= 15 is 0 Å². The second kappa shape index (κ2) is 4.48. The molecule has 0 aliphatic heterocycles. The Morgan fingerprint density at radius 1 is 1.24 bits per heavy atom. The Bertz CT molecular complexity index is 473. The molecule has 0 atom stereocenters. The molecule has 1 aliphatic rings. The van der Waals surface area contributed by atoms with Gasteiger partial charge in [-0.05, 0) is 25.0 Å². The molecule has 4 nitrogen and oxygen atoms in total. The molecule has 0 bridgehead atoms. The Hall–Kier alpha value is -1.98. The fourth-order valence-electron chi connectivity index (χ4n) is 1.30. The molecule has 0 saturated heterocycles. The summed E-state index contributed by atoms with van der Waals surface area (Å²) in [6.45, 7) is 0. The Morgan fingerprint density at radius 3 is 2.53 bits per heavy atom. The van der Waals surface area contributed by atoms with Gasteiger partial charge in [0.05, 0.1) is 5.69 Å². The lowest BCUT2D eigenvalue weighted by Gasteiger charge is -2.06. The van der Waals surface area contributed by atoms with E-state index in [1.54, 1.807) is 0 Å². The fraction of sp³-hybridized carbons (Fsp3) is 0.273. The molecule has 2 N–H and O–H groups in total. The lowest BCUT2D eigenvalue weighted by atomic mass is 10.3. The number of rotatable bonds is 2. The first-order chi connectivity index (χ1) is 8.06. The van der Waals surface area contributed by atoms with Gasteiger partial charge in [-0.3, -0.25) is 10.1 Å². The maximum absolute atomic E-state index is 13.2. The molecule has 17 heavy (non-hydrogen) atoms. The van der Waals surface area contributed by atoms with Crippen molar-refractivity contribution in [3.63, 3.8) is 0 Å². The van der Waals surface area contributed by atoms with Gasteiger partial charge in [0.1, 0.15) is 11.6 Å². The number of carbonyl (C=O) groups is 2. The molecule has 1 aliphatic carbocycles. The molecule has 1 aromatic carbocycles. The average Bonchev–Trinajstić information content (AvgIpc) is 3.05. The molecule has 0 spiro atoms. The van der Waals surface area contributed by atoms with Crippen LogP contribution < -0.4 is 10.6 Å². The zero-order valence-electron chi connectivity index (χ0n) is 8.80. The maximum atomic E-state index is 13.2. The van der Waals surface area contributed by atoms with Gasteiger partial charge in [-0.2, -0.15) is 0 Å². The van der Waals surface area contributed by atoms with E-state index in [2.05, 4.69) is 10.6 Å². The highest BCUT2D eigenvalue weighted by Gasteiger charge is 2.30. The van der Waals surface area contributed by atoms with Crippen LogP contribution in [0.3, 0.4) is 0 Å². The Morgan fingerprint density at radius 2 is 1.94 bits per heavy atom. The Labute approximate surface area is 96.0 Å². The highest BCUT2D eigenvalue weighted by molar-refractivity contribution is 6.02. The molecule has 0 radical (unpaired) electrons. The summed E-state index contributed by atoms with van der Waals surface area (Å²) in [7, 11) is 0. The second-order valence-electron chi connectivity index (χ2n) is 3.84. The predicted molar refractivity (Wildman–Crippen MR) is 56.2 cm³/mol. The molecule has 6 heteroatoms. The molecule has 3 amide bonds. The number of hydrogen-bond acceptors (Lipinski definition) is 2. The molecular weight excluding hydrogens is 230 g/mol. The number of anilines is 1. The number of carbonyl (C=O) groups excluding carboxylic acids is 2. The van der Waals surface area contributed by atoms with E-state index in [-0.39, 0.29) is 17.5 Å². The largest absolute Gasteiger partial charge is 0.325 e. The first kappa shape index (κ1) is 11.5. The van der Waals surface area contributed by atoms with Crippen LogP contribution >= 0.6 is 0 Å². The third kappa shape index (κ3) is 2.99. The summed E-state index contributed by atoms with van der Waals surface area (Å²) in [5.74, 6) is -2.11. The molecule has 0 heterocycles. The van der Waals surface area contributed by atoms with Gasteiger partial charge in [0.25, 0.3) is 0 Å². The predicted octanol–water partition coefficient (Wildman–Crippen LogP) is 2.02. The monoisotopic (exact) mass is 240 g/mol. The van der Waals surface area contributed by atoms with Crippen molar-refractivity contribution >= 4 is 17.6 Å². The minimum atomic E-state index is -0.890. The van der Waals surface area contributed by atoms with Crippen molar-refractivity contribution in [3.05, 3.63) is 29.8 Å². The summed E-state index contributed by atoms with van der Waals surface area (Å²) in [6, 6.07) is 1.94. The number of nitrogens with one attached hydrogen (secondary N) is 2. The number of benzene rings is 1. The first-order valence-corrected chi connectivity index (χ1v) is 5.13. The fourth-order valence-corrected chi connectivity index (χ4v) is 1.30. The Balaban J connectivity index is 1.95. The number of hydrogen-bond donors (Lipinski definition) is 2. The van der Waals surface area contributed by atoms with E-state index < -0.39 is 17.7 Å². The molecule has 1 fully saturated rings. The topological polar surface area (TPSA) is 58.2 Å². The zero-order chi connectivity index (χ0) is 12.4. The van der Waals surface area contributed by atoms with E-state index in [1.165, 1.54) is 0 Å². The SMILES string of the molecule is O=C(NC(=O)C1CC1)Nc1ccc(F)cc1F. The molecule has 1 aromatic rings. The number of halogens is 2. The summed E-state index contributed by atoms with van der Waals surface area (Å²) in [5, 5.41) is 4.22. The lowest BCUT2D eigenvalue weighted by molar-refractivity contribution is -0.121. The van der Waals surface area contributed by atoms with Crippen molar-refractivity contribution in [1.29, 1.82) is 0 Å². The highest BCUT2D eigenvalue weighted by Crippen LogP contribution is 2.28. The third-order valence-corrected chi connectivity index (χ3v) is 2.36. The van der Waals surface area contributed by atoms with Gasteiger partial charge in [0.2, 0.25) is 5.91 Å². The minimum absolute atomic E-state index is 0.112. The smallest absolute Gasteiger partial charge is 0.305 e. The van der Waals surface area contributed by atoms with Crippen LogP contribution in [-0.2, 0) is 4.79 Å². The van der Waals surface area contributed by atoms with Gasteiger partial charge in [0.15, 0.2) is 0 Å². The van der Waals surface area contributed by atoms with E-state index in [4.69, 9.17) is 0 Å². The summed E-state index contributed by atoms with van der Waals surface area (Å²) in [6.07, 6.45) is 1.54. The summed E-state index contributed by atoms with van der Waals surface area (Å²) >= 11 is 0. The van der Waals surface area contributed by atoms with Gasteiger partial charge < -0.3 is 5.32 Å². The van der Waals surface area contributed by atoms with Crippen LogP contribution in [-0.4, -0.2) is 11.9 Å². The standard InChI is InChI=1S/C11H10F2N2O2/c12-7-3-4-9(8(13)5-7)14-11(17)15-10(16)6-1-2-6/h3-6H,1-2H2,(H2,14,15,16,17). The average molecular weight is 240 g/mol. The Kier molecular flexibility index (Phi) is 3.03. The van der Waals surface area contributed by atoms with E-state index in [0.717, 1.165) is 25.0 Å². The molecule has 0 aromatic heterocycles. The normalized spacial score (nSPS) is 14.2. The van der Waals surface area contributed by atoms with Gasteiger partial charge >= 0.3 is 6.03 Å². The molecule has 2 rings (SSSR count). The molecule has 90 valence electrons. The summed E-state index contributed by atoms with van der Waals surface area (Å²) < 4.78 is 25.7. The number of urea groups is 1. The summed E-state index contributed by atoms with van der Waals surface area (Å²) in [5.41, 5.74) is -0.174. The quantitative estimate of drug-likeness (QED) is 0.830. The van der Waals surface area contributed by atoms with E-state index in [0.29, 0.717) is 6.07 Å². The molecule has 0 unspecified atom stereocenters. The third-order valence-electron chi connectivity index (χ3n) is 2.36. The van der Waals surface area contributed by atoms with Gasteiger partial charge in [-0.15, -0.1) is 0 Å². The van der Waals surface area contributed by atoms with E-state index in [1.807, 2.05) is 0 Å². The van der Waals surface area contributed by atoms with Crippen molar-refractivity contribution in [3.8, 4) is 0 Å². The van der Waals surface area contributed by atoms with Crippen LogP contribution in [0.25, 0.3) is 0 Å². The first-order valence-electron chi connectivity index (χ1n) is 5.13. The zero-order valence-corrected chi connectivity index (χ0v) is 8.80. The lowest BCUT2D eigenvalue weighted by Crippen LogP contribution is -2.35. The van der Waals surface area contributed by atoms with Gasteiger partial charge in [-0.25, -0.2) is 13.6 Å². The van der Waals surface area contributed by atoms with Crippen LogP contribution in [0.15, 0.2) is 18.2 Å². The van der Waals surface area contributed by atoms with Crippen molar-refractivity contribution in [2.45, 2.75) is 12.8 Å². The number of imide groups is 1. The van der Waals surface area contributed by atoms with Crippen LogP contribution in [0.2, 0.25) is 0 Å². The van der Waals surface area contributed by atoms with Crippen LogP contribution in [0, 0.1) is 17.6 Å². The molecular formula is C11H10F2N2O2. The number of amides is 3. The van der Waals surface area contributed by atoms with Crippen LogP contribution in [0.1, 0.15) is 12.8 Å². The van der Waals surface area contributed by atoms with Gasteiger partial charge in [0, 0.05) is 12.0 Å². The van der Waals surface area contributed by atoms with Crippen LogP contribution in [0.5, 0.6) is 0 Å². The van der Waals surface area contributed by atoms with Gasteiger partial charge in [-0.1, -0.05) is 0 Å². The highest BCUT2D eigenvalue weighted by atomic mass is 19.1. The van der Waals surface area contributed by atoms with Crippen molar-refractivity contribution in [1.82, 2.24) is 5.32 Å². The second-order valence-corrected chi connectivity index (χ2v) is 3.84. The molecule has 1 saturated carbocycles. The van der Waals surface area contributed by atoms with Crippen molar-refractivity contribution in [2.75, 3.05) is 5.32 Å². The van der Waals surface area contributed by atoms with Crippen molar-refractivity contribution < 1.29 is 18.4 Å². The maximum Gasteiger partial charge on any atom is 0.325 e. The minimum Gasteiger partial charge on any atom is -0.305 e. The summed E-state index contributed by atoms with van der Waals surface area (Å²) in [4.78, 5) is 22.5.